The minimum absolute atomic E-state index is 0.147. The third-order valence-corrected chi connectivity index (χ3v) is 1.86. The normalized spacial score (nSPS) is 10.3. The van der Waals surface area contributed by atoms with Crippen LogP contribution in [0.15, 0.2) is 18.3 Å². The number of aryl methyl sites for hydroxylation is 1. The van der Waals surface area contributed by atoms with Gasteiger partial charge < -0.3 is 4.74 Å². The fourth-order valence-corrected chi connectivity index (χ4v) is 1.17. The molecule has 0 fully saturated rings. The van der Waals surface area contributed by atoms with Gasteiger partial charge in [-0.2, -0.15) is 0 Å². The minimum atomic E-state index is -0.622. The summed E-state index contributed by atoms with van der Waals surface area (Å²) in [5.41, 5.74) is 0.819. The van der Waals surface area contributed by atoms with E-state index in [1.807, 2.05) is 6.92 Å². The maximum Gasteiger partial charge on any atom is 0.257 e. The van der Waals surface area contributed by atoms with Gasteiger partial charge in [0, 0.05) is 18.0 Å². The maximum atomic E-state index is 13.2. The predicted molar refractivity (Wildman–Crippen MR) is 52.6 cm³/mol. The fourth-order valence-electron chi connectivity index (χ4n) is 1.02. The maximum absolute atomic E-state index is 13.2. The van der Waals surface area contributed by atoms with Crippen molar-refractivity contribution in [1.82, 2.24) is 15.2 Å². The molecule has 2 aromatic rings. The topological polar surface area (TPSA) is 50.8 Å². The van der Waals surface area contributed by atoms with E-state index >= 15 is 0 Å². The molecule has 0 aliphatic heterocycles. The molecule has 2 rings (SSSR count). The molecule has 0 aliphatic carbocycles. The number of nitrogens with zero attached hydrogens (tertiary/aromatic N) is 2. The zero-order chi connectivity index (χ0) is 10.8. The van der Waals surface area contributed by atoms with Crippen LogP contribution in [0.2, 0.25) is 5.02 Å². The highest BCUT2D eigenvalue weighted by Crippen LogP contribution is 2.22. The van der Waals surface area contributed by atoms with Gasteiger partial charge in [0.1, 0.15) is 0 Å². The van der Waals surface area contributed by atoms with Crippen molar-refractivity contribution >= 4 is 11.6 Å². The fraction of sp³-hybridized carbons (Fsp3) is 0.111. The number of rotatable bonds is 2. The predicted octanol–water partition coefficient (Wildman–Crippen LogP) is 2.70. The van der Waals surface area contributed by atoms with E-state index in [1.54, 1.807) is 6.07 Å². The average Bonchev–Trinajstić information content (AvgIpc) is 2.56. The van der Waals surface area contributed by atoms with Crippen molar-refractivity contribution < 1.29 is 9.13 Å². The molecule has 0 radical (unpaired) electrons. The van der Waals surface area contributed by atoms with Crippen LogP contribution in [0.5, 0.6) is 11.8 Å². The van der Waals surface area contributed by atoms with Gasteiger partial charge >= 0.3 is 0 Å². The summed E-state index contributed by atoms with van der Waals surface area (Å²) in [5.74, 6) is -0.504. The lowest BCUT2D eigenvalue weighted by Crippen LogP contribution is -1.91. The summed E-state index contributed by atoms with van der Waals surface area (Å²) in [5, 5.41) is 6.68. The molecule has 6 heteroatoms. The average molecular weight is 228 g/mol. The third kappa shape index (κ3) is 2.24. The first-order valence-corrected chi connectivity index (χ1v) is 4.54. The highest BCUT2D eigenvalue weighted by Gasteiger charge is 2.08. The van der Waals surface area contributed by atoms with Crippen LogP contribution in [0.1, 0.15) is 5.69 Å². The first kappa shape index (κ1) is 9.92. The number of H-pyrrole nitrogens is 1. The molecule has 0 amide bonds. The van der Waals surface area contributed by atoms with Crippen LogP contribution in [0.3, 0.4) is 0 Å². The number of hydrogen-bond acceptors (Lipinski definition) is 3. The van der Waals surface area contributed by atoms with Gasteiger partial charge in [-0.25, -0.2) is 9.37 Å². The Balaban J connectivity index is 2.24. The van der Waals surface area contributed by atoms with Crippen molar-refractivity contribution in [2.75, 3.05) is 0 Å². The summed E-state index contributed by atoms with van der Waals surface area (Å²) >= 11 is 5.54. The van der Waals surface area contributed by atoms with Crippen molar-refractivity contribution in [1.29, 1.82) is 0 Å². The SMILES string of the molecule is Cc1cc(Oc2ncc(Cl)cc2F)n[nH]1. The van der Waals surface area contributed by atoms with Crippen LogP contribution in [-0.2, 0) is 0 Å². The van der Waals surface area contributed by atoms with E-state index in [0.29, 0.717) is 0 Å². The zero-order valence-corrected chi connectivity index (χ0v) is 8.55. The highest BCUT2D eigenvalue weighted by molar-refractivity contribution is 6.30. The second-order valence-electron chi connectivity index (χ2n) is 2.93. The third-order valence-electron chi connectivity index (χ3n) is 1.66. The van der Waals surface area contributed by atoms with E-state index < -0.39 is 5.82 Å². The molecule has 0 bridgehead atoms. The molecule has 0 aromatic carbocycles. The second-order valence-corrected chi connectivity index (χ2v) is 3.37. The molecule has 0 atom stereocenters. The van der Waals surface area contributed by atoms with Crippen molar-refractivity contribution in [3.8, 4) is 11.8 Å². The van der Waals surface area contributed by atoms with Crippen molar-refractivity contribution in [3.63, 3.8) is 0 Å². The lowest BCUT2D eigenvalue weighted by atomic mass is 10.4. The van der Waals surface area contributed by atoms with Crippen molar-refractivity contribution in [3.05, 3.63) is 34.9 Å². The number of pyridine rings is 1. The van der Waals surface area contributed by atoms with E-state index in [-0.39, 0.29) is 16.8 Å². The summed E-state index contributed by atoms with van der Waals surface area (Å²) in [4.78, 5) is 3.70. The number of aromatic nitrogens is 3. The van der Waals surface area contributed by atoms with E-state index in [9.17, 15) is 4.39 Å². The van der Waals surface area contributed by atoms with E-state index in [4.69, 9.17) is 16.3 Å². The Labute approximate surface area is 90.1 Å². The van der Waals surface area contributed by atoms with E-state index in [2.05, 4.69) is 15.2 Å². The zero-order valence-electron chi connectivity index (χ0n) is 7.79. The molecule has 15 heavy (non-hydrogen) atoms. The molecule has 0 saturated carbocycles. The standard InChI is InChI=1S/C9H7ClFN3O/c1-5-2-8(14-13-5)15-9-7(11)3-6(10)4-12-9/h2-4H,1H3,(H,13,14). The summed E-state index contributed by atoms with van der Waals surface area (Å²) in [6.07, 6.45) is 1.31. The molecule has 1 N–H and O–H groups in total. The smallest absolute Gasteiger partial charge is 0.257 e. The Morgan fingerprint density at radius 2 is 2.27 bits per heavy atom. The Hall–Kier alpha value is -1.62. The Morgan fingerprint density at radius 1 is 1.47 bits per heavy atom. The van der Waals surface area contributed by atoms with Crippen LogP contribution in [-0.4, -0.2) is 15.2 Å². The molecular formula is C9H7ClFN3O. The Bertz CT molecular complexity index is 486. The van der Waals surface area contributed by atoms with Crippen LogP contribution in [0, 0.1) is 12.7 Å². The molecule has 2 heterocycles. The first-order chi connectivity index (χ1) is 7.15. The number of aromatic amines is 1. The summed E-state index contributed by atoms with van der Waals surface area (Å²) in [7, 11) is 0. The quantitative estimate of drug-likeness (QED) is 0.858. The van der Waals surface area contributed by atoms with Gasteiger partial charge in [0.05, 0.1) is 5.02 Å². The molecule has 4 nitrogen and oxygen atoms in total. The molecule has 0 aliphatic rings. The molecule has 0 unspecified atom stereocenters. The lowest BCUT2D eigenvalue weighted by Gasteiger charge is -2.01. The Kier molecular flexibility index (Phi) is 2.55. The summed E-state index contributed by atoms with van der Waals surface area (Å²) < 4.78 is 18.3. The van der Waals surface area contributed by atoms with Gasteiger partial charge in [-0.15, -0.1) is 5.10 Å². The van der Waals surface area contributed by atoms with Gasteiger partial charge in [0.2, 0.25) is 5.88 Å². The van der Waals surface area contributed by atoms with Crippen LogP contribution in [0.25, 0.3) is 0 Å². The first-order valence-electron chi connectivity index (χ1n) is 4.16. The second kappa shape index (κ2) is 3.86. The number of ether oxygens (including phenoxy) is 1. The summed E-state index contributed by atoms with van der Waals surface area (Å²) in [6.45, 7) is 1.81. The van der Waals surface area contributed by atoms with Gasteiger partial charge in [0.15, 0.2) is 5.82 Å². The van der Waals surface area contributed by atoms with Gasteiger partial charge in [-0.05, 0) is 13.0 Å². The molecule has 2 aromatic heterocycles. The van der Waals surface area contributed by atoms with Crippen LogP contribution < -0.4 is 4.74 Å². The monoisotopic (exact) mass is 227 g/mol. The van der Waals surface area contributed by atoms with Crippen molar-refractivity contribution in [2.24, 2.45) is 0 Å². The number of halogens is 2. The minimum Gasteiger partial charge on any atom is -0.416 e. The van der Waals surface area contributed by atoms with Crippen LogP contribution >= 0.6 is 11.6 Å². The Morgan fingerprint density at radius 3 is 2.87 bits per heavy atom. The number of hydrogen-bond donors (Lipinski definition) is 1. The van der Waals surface area contributed by atoms with Crippen molar-refractivity contribution in [2.45, 2.75) is 6.92 Å². The molecular weight excluding hydrogens is 221 g/mol. The van der Waals surface area contributed by atoms with E-state index in [0.717, 1.165) is 11.8 Å². The van der Waals surface area contributed by atoms with Gasteiger partial charge in [0.25, 0.3) is 5.88 Å². The van der Waals surface area contributed by atoms with Gasteiger partial charge in [-0.1, -0.05) is 11.6 Å². The molecule has 78 valence electrons. The lowest BCUT2D eigenvalue weighted by molar-refractivity contribution is 0.408. The van der Waals surface area contributed by atoms with Gasteiger partial charge in [-0.3, -0.25) is 5.10 Å². The number of nitrogens with one attached hydrogen (secondary N) is 1. The molecule has 0 spiro atoms. The van der Waals surface area contributed by atoms with Crippen LogP contribution in [0.4, 0.5) is 4.39 Å². The van der Waals surface area contributed by atoms with E-state index in [1.165, 1.54) is 6.20 Å². The highest BCUT2D eigenvalue weighted by atomic mass is 35.5. The molecule has 0 saturated heterocycles. The largest absolute Gasteiger partial charge is 0.416 e. The summed E-state index contributed by atoms with van der Waals surface area (Å²) in [6, 6.07) is 2.76.